The molecule has 1 saturated heterocycles. The van der Waals surface area contributed by atoms with E-state index in [1.807, 2.05) is 0 Å². The number of hydrogen-bond acceptors (Lipinski definition) is 12. The highest BCUT2D eigenvalue weighted by atomic mass is 16.6. The number of rotatable bonds is 13. The van der Waals surface area contributed by atoms with Crippen LogP contribution in [0.5, 0.6) is 5.88 Å². The highest BCUT2D eigenvalue weighted by Crippen LogP contribution is 2.18. The molecule has 1 aromatic heterocycles. The van der Waals surface area contributed by atoms with Gasteiger partial charge in [0.15, 0.2) is 0 Å². The Morgan fingerprint density at radius 1 is 1.15 bits per heavy atom. The lowest BCUT2D eigenvalue weighted by Crippen LogP contribution is -2.56. The van der Waals surface area contributed by atoms with Crippen molar-refractivity contribution in [1.29, 1.82) is 0 Å². The molecule has 0 saturated carbocycles. The molecule has 0 unspecified atom stereocenters. The first-order chi connectivity index (χ1) is 16.2. The van der Waals surface area contributed by atoms with Crippen LogP contribution in [0, 0.1) is 0 Å². The number of nitrogens with zero attached hydrogens (tertiary/aromatic N) is 2. The van der Waals surface area contributed by atoms with E-state index in [0.29, 0.717) is 38.9 Å². The van der Waals surface area contributed by atoms with Gasteiger partial charge in [0.25, 0.3) is 0 Å². The van der Waals surface area contributed by atoms with Crippen LogP contribution < -0.4 is 15.4 Å². The Balaban J connectivity index is 1.55. The number of carbonyl (C=O) groups is 1. The minimum Gasteiger partial charge on any atom is -0.475 e. The summed E-state index contributed by atoms with van der Waals surface area (Å²) < 4.78 is 26.8. The van der Waals surface area contributed by atoms with Crippen molar-refractivity contribution in [2.24, 2.45) is 0 Å². The normalized spacial score (nSPS) is 22.8. The van der Waals surface area contributed by atoms with Gasteiger partial charge < -0.3 is 49.6 Å². The molecular weight excluding hydrogens is 452 g/mol. The van der Waals surface area contributed by atoms with Crippen LogP contribution in [0.2, 0.25) is 0 Å². The molecule has 4 atom stereocenters. The van der Waals surface area contributed by atoms with Crippen LogP contribution in [0.25, 0.3) is 0 Å². The lowest BCUT2D eigenvalue weighted by Gasteiger charge is -2.37. The Morgan fingerprint density at radius 3 is 2.56 bits per heavy atom. The molecule has 2 heterocycles. The molecule has 1 fully saturated rings. The smallest absolute Gasteiger partial charge is 0.407 e. The molecule has 0 radical (unpaired) electrons. The monoisotopic (exact) mass is 488 g/mol. The van der Waals surface area contributed by atoms with Crippen LogP contribution in [0.15, 0.2) is 12.3 Å². The summed E-state index contributed by atoms with van der Waals surface area (Å²) in [6, 6.07) is 0.937. The first-order valence-electron chi connectivity index (χ1n) is 11.1. The molecule has 5 N–H and O–H groups in total. The summed E-state index contributed by atoms with van der Waals surface area (Å²) >= 11 is 0. The summed E-state index contributed by atoms with van der Waals surface area (Å²) in [5.41, 5.74) is -0.536. The van der Waals surface area contributed by atoms with Crippen LogP contribution >= 0.6 is 0 Å². The van der Waals surface area contributed by atoms with E-state index in [9.17, 15) is 15.0 Å². The van der Waals surface area contributed by atoms with Crippen molar-refractivity contribution in [2.45, 2.75) is 50.7 Å². The summed E-state index contributed by atoms with van der Waals surface area (Å²) in [5.74, 6) is 0.514. The van der Waals surface area contributed by atoms with Gasteiger partial charge in [0.05, 0.1) is 45.7 Å². The SMILES string of the molecule is CC(C)(C)OC(=O)NCCOCCOCCOc1ccnc(N[C@H]2CO[C@H](CO)[C@H](O)[C@@H]2O)n1. The molecule has 1 aliphatic heterocycles. The third-order valence-corrected chi connectivity index (χ3v) is 4.52. The van der Waals surface area contributed by atoms with Crippen LogP contribution in [-0.2, 0) is 18.9 Å². The van der Waals surface area contributed by atoms with E-state index >= 15 is 0 Å². The number of amides is 1. The lowest BCUT2D eigenvalue weighted by atomic mass is 9.98. The molecule has 0 bridgehead atoms. The fourth-order valence-electron chi connectivity index (χ4n) is 2.89. The van der Waals surface area contributed by atoms with Gasteiger partial charge in [-0.25, -0.2) is 9.78 Å². The maximum atomic E-state index is 11.5. The summed E-state index contributed by atoms with van der Waals surface area (Å²) in [5, 5.41) is 34.8. The molecule has 0 aliphatic carbocycles. The fraction of sp³-hybridized carbons (Fsp3) is 0.762. The average Bonchev–Trinajstić information content (AvgIpc) is 2.77. The number of carbonyl (C=O) groups excluding carboxylic acids is 1. The van der Waals surface area contributed by atoms with Crippen molar-refractivity contribution >= 4 is 12.0 Å². The second-order valence-electron chi connectivity index (χ2n) is 8.51. The van der Waals surface area contributed by atoms with E-state index in [2.05, 4.69) is 20.6 Å². The van der Waals surface area contributed by atoms with E-state index in [4.69, 9.17) is 28.8 Å². The maximum absolute atomic E-state index is 11.5. The lowest BCUT2D eigenvalue weighted by molar-refractivity contribution is -0.152. The van der Waals surface area contributed by atoms with E-state index in [0.717, 1.165) is 0 Å². The van der Waals surface area contributed by atoms with Gasteiger partial charge in [-0.15, -0.1) is 0 Å². The average molecular weight is 489 g/mol. The molecule has 13 nitrogen and oxygen atoms in total. The number of anilines is 1. The van der Waals surface area contributed by atoms with Crippen molar-refractivity contribution in [1.82, 2.24) is 15.3 Å². The van der Waals surface area contributed by atoms with Gasteiger partial charge in [-0.2, -0.15) is 4.98 Å². The van der Waals surface area contributed by atoms with Gasteiger partial charge in [0.2, 0.25) is 11.8 Å². The molecule has 1 aromatic rings. The summed E-state index contributed by atoms with van der Waals surface area (Å²) in [4.78, 5) is 19.8. The first-order valence-corrected chi connectivity index (χ1v) is 11.1. The third kappa shape index (κ3) is 10.3. The van der Waals surface area contributed by atoms with E-state index in [-0.39, 0.29) is 25.8 Å². The molecule has 0 spiro atoms. The second-order valence-corrected chi connectivity index (χ2v) is 8.51. The molecular formula is C21H36N4O9. The molecule has 0 aromatic carbocycles. The zero-order chi connectivity index (χ0) is 25.0. The minimum absolute atomic E-state index is 0.0743. The summed E-state index contributed by atoms with van der Waals surface area (Å²) in [6.45, 7) is 7.06. The van der Waals surface area contributed by atoms with Gasteiger partial charge in [0.1, 0.15) is 30.5 Å². The van der Waals surface area contributed by atoms with Crippen molar-refractivity contribution in [2.75, 3.05) is 58.1 Å². The highest BCUT2D eigenvalue weighted by molar-refractivity contribution is 5.67. The van der Waals surface area contributed by atoms with Crippen LogP contribution in [0.3, 0.4) is 0 Å². The van der Waals surface area contributed by atoms with Crippen molar-refractivity contribution < 1.29 is 43.8 Å². The second kappa shape index (κ2) is 14.2. The topological polar surface area (TPSA) is 174 Å². The summed E-state index contributed by atoms with van der Waals surface area (Å²) in [7, 11) is 0. The zero-order valence-electron chi connectivity index (χ0n) is 19.8. The zero-order valence-corrected chi connectivity index (χ0v) is 19.8. The molecule has 1 amide bonds. The number of ether oxygens (including phenoxy) is 5. The number of aliphatic hydroxyl groups excluding tert-OH is 3. The predicted molar refractivity (Wildman–Crippen MR) is 120 cm³/mol. The quantitative estimate of drug-likeness (QED) is 0.221. The number of aliphatic hydroxyl groups is 3. The number of aromatic nitrogens is 2. The van der Waals surface area contributed by atoms with Gasteiger partial charge in [0, 0.05) is 18.8 Å². The number of hydrogen-bond donors (Lipinski definition) is 5. The van der Waals surface area contributed by atoms with E-state index < -0.39 is 36.0 Å². The van der Waals surface area contributed by atoms with Gasteiger partial charge in [-0.1, -0.05) is 0 Å². The first kappa shape index (κ1) is 28.0. The number of nitrogens with one attached hydrogen (secondary N) is 2. The third-order valence-electron chi connectivity index (χ3n) is 4.52. The molecule has 13 heteroatoms. The fourth-order valence-corrected chi connectivity index (χ4v) is 2.89. The molecule has 1 aliphatic rings. The van der Waals surface area contributed by atoms with Crippen molar-refractivity contribution in [3.05, 3.63) is 12.3 Å². The van der Waals surface area contributed by atoms with E-state index in [1.54, 1.807) is 26.8 Å². The Labute approximate surface area is 198 Å². The van der Waals surface area contributed by atoms with Gasteiger partial charge >= 0.3 is 6.09 Å². The Hall–Kier alpha value is -2.29. The standard InChI is InChI=1S/C21H36N4O9/c1-21(2,3)34-20(29)23-6-7-30-8-9-31-10-11-32-16-4-5-22-19(25-16)24-14-13-33-15(12-26)18(28)17(14)27/h4-5,14-15,17-18,26-28H,6-13H2,1-3H3,(H,23,29)(H,22,24,25)/t14-,15+,17+,18-/m0/s1. The van der Waals surface area contributed by atoms with Gasteiger partial charge in [-0.05, 0) is 20.8 Å². The number of alkyl carbamates (subject to hydrolysis) is 1. The van der Waals surface area contributed by atoms with E-state index in [1.165, 1.54) is 6.20 Å². The van der Waals surface area contributed by atoms with Crippen molar-refractivity contribution in [3.8, 4) is 5.88 Å². The van der Waals surface area contributed by atoms with Crippen LogP contribution in [0.4, 0.5) is 10.7 Å². The maximum Gasteiger partial charge on any atom is 0.407 e. The van der Waals surface area contributed by atoms with Crippen LogP contribution in [0.1, 0.15) is 20.8 Å². The van der Waals surface area contributed by atoms with Crippen molar-refractivity contribution in [3.63, 3.8) is 0 Å². The summed E-state index contributed by atoms with van der Waals surface area (Å²) in [6.07, 6.45) is -2.19. The molecule has 34 heavy (non-hydrogen) atoms. The minimum atomic E-state index is -1.22. The Morgan fingerprint density at radius 2 is 1.85 bits per heavy atom. The van der Waals surface area contributed by atoms with Gasteiger partial charge in [-0.3, -0.25) is 0 Å². The highest BCUT2D eigenvalue weighted by Gasteiger charge is 2.38. The Kier molecular flexibility index (Phi) is 11.7. The van der Waals surface area contributed by atoms with Crippen LogP contribution in [-0.4, -0.2) is 114 Å². The predicted octanol–water partition coefficient (Wildman–Crippen LogP) is -0.693. The molecule has 2 rings (SSSR count). The molecule has 194 valence electrons. The largest absolute Gasteiger partial charge is 0.475 e. The Bertz CT molecular complexity index is 734.